The highest BCUT2D eigenvalue weighted by molar-refractivity contribution is 5.68. The van der Waals surface area contributed by atoms with E-state index in [0.717, 1.165) is 12.1 Å². The first-order chi connectivity index (χ1) is 9.47. The second-order valence-electron chi connectivity index (χ2n) is 4.12. The van der Waals surface area contributed by atoms with E-state index in [0.29, 0.717) is 5.56 Å². The smallest absolute Gasteiger partial charge is 0.341 e. The van der Waals surface area contributed by atoms with Gasteiger partial charge in [0.2, 0.25) is 5.88 Å². The zero-order valence-corrected chi connectivity index (χ0v) is 10.6. The molecular formula is C14H11F2NO3. The number of aromatic nitrogens is 1. The van der Waals surface area contributed by atoms with Crippen molar-refractivity contribution in [2.24, 2.45) is 0 Å². The molecule has 20 heavy (non-hydrogen) atoms. The highest BCUT2D eigenvalue weighted by atomic mass is 19.1. The Hall–Kier alpha value is -2.50. The lowest BCUT2D eigenvalue weighted by atomic mass is 10.1. The lowest BCUT2D eigenvalue weighted by Crippen LogP contribution is -2.10. The fourth-order valence-corrected chi connectivity index (χ4v) is 1.68. The van der Waals surface area contributed by atoms with Crippen LogP contribution in [0.3, 0.4) is 0 Å². The van der Waals surface area contributed by atoms with Crippen LogP contribution in [0.15, 0.2) is 30.3 Å². The first kappa shape index (κ1) is 13.9. The maximum absolute atomic E-state index is 13.7. The van der Waals surface area contributed by atoms with Gasteiger partial charge in [-0.1, -0.05) is 6.07 Å². The van der Waals surface area contributed by atoms with Gasteiger partial charge >= 0.3 is 5.97 Å². The zero-order chi connectivity index (χ0) is 14.7. The number of pyridine rings is 1. The number of carboxylic acid groups (broad SMARTS) is 1. The van der Waals surface area contributed by atoms with Gasteiger partial charge in [0.05, 0.1) is 5.69 Å². The summed E-state index contributed by atoms with van der Waals surface area (Å²) >= 11 is 0. The van der Waals surface area contributed by atoms with E-state index in [1.54, 1.807) is 13.0 Å². The minimum atomic E-state index is -1.14. The number of aryl methyl sites for hydroxylation is 1. The number of halogens is 2. The fourth-order valence-electron chi connectivity index (χ4n) is 1.68. The van der Waals surface area contributed by atoms with E-state index in [9.17, 15) is 13.6 Å². The summed E-state index contributed by atoms with van der Waals surface area (Å²) in [6, 6.07) is 6.29. The molecule has 0 radical (unpaired) electrons. The van der Waals surface area contributed by atoms with Crippen LogP contribution in [-0.2, 0) is 4.79 Å². The lowest BCUT2D eigenvalue weighted by Gasteiger charge is -2.09. The molecule has 0 saturated heterocycles. The van der Waals surface area contributed by atoms with Gasteiger partial charge in [0.25, 0.3) is 0 Å². The molecule has 0 aliphatic rings. The second-order valence-corrected chi connectivity index (χ2v) is 4.12. The predicted molar refractivity (Wildman–Crippen MR) is 67.5 cm³/mol. The molecule has 0 unspecified atom stereocenters. The molecule has 2 rings (SSSR count). The van der Waals surface area contributed by atoms with Crippen molar-refractivity contribution in [3.05, 3.63) is 47.5 Å². The van der Waals surface area contributed by atoms with Crippen molar-refractivity contribution in [1.82, 2.24) is 4.98 Å². The summed E-state index contributed by atoms with van der Waals surface area (Å²) in [5, 5.41) is 8.54. The topological polar surface area (TPSA) is 59.4 Å². The van der Waals surface area contributed by atoms with Gasteiger partial charge in [0.15, 0.2) is 6.61 Å². The SMILES string of the molecule is Cc1ccc(OCC(=O)O)nc1-c1ccc(F)cc1F. The molecule has 6 heteroatoms. The number of carboxylic acids is 1. The highest BCUT2D eigenvalue weighted by Crippen LogP contribution is 2.26. The van der Waals surface area contributed by atoms with Crippen molar-refractivity contribution in [1.29, 1.82) is 0 Å². The third kappa shape index (κ3) is 3.09. The van der Waals surface area contributed by atoms with Crippen molar-refractivity contribution < 1.29 is 23.4 Å². The quantitative estimate of drug-likeness (QED) is 0.935. The second kappa shape index (κ2) is 5.64. The van der Waals surface area contributed by atoms with E-state index in [-0.39, 0.29) is 17.1 Å². The van der Waals surface area contributed by atoms with Crippen LogP contribution in [-0.4, -0.2) is 22.7 Å². The van der Waals surface area contributed by atoms with Gasteiger partial charge in [-0.3, -0.25) is 0 Å². The Labute approximate surface area is 113 Å². The Morgan fingerprint density at radius 3 is 2.70 bits per heavy atom. The Balaban J connectivity index is 2.39. The number of hydrogen-bond donors (Lipinski definition) is 1. The summed E-state index contributed by atoms with van der Waals surface area (Å²) in [6.45, 7) is 1.17. The Kier molecular flexibility index (Phi) is 3.93. The molecule has 1 heterocycles. The third-order valence-corrected chi connectivity index (χ3v) is 2.60. The number of nitrogens with zero attached hydrogens (tertiary/aromatic N) is 1. The number of carbonyl (C=O) groups is 1. The van der Waals surface area contributed by atoms with Crippen LogP contribution < -0.4 is 4.74 Å². The average molecular weight is 279 g/mol. The largest absolute Gasteiger partial charge is 0.479 e. The normalized spacial score (nSPS) is 10.3. The molecule has 1 aromatic heterocycles. The lowest BCUT2D eigenvalue weighted by molar-refractivity contribution is -0.139. The van der Waals surface area contributed by atoms with Crippen molar-refractivity contribution in [2.75, 3.05) is 6.61 Å². The first-order valence-electron chi connectivity index (χ1n) is 5.75. The summed E-state index contributed by atoms with van der Waals surface area (Å²) in [6.07, 6.45) is 0. The Bertz CT molecular complexity index is 659. The molecule has 1 aromatic carbocycles. The molecule has 0 saturated carbocycles. The van der Waals surface area contributed by atoms with E-state index in [1.807, 2.05) is 0 Å². The van der Waals surface area contributed by atoms with Gasteiger partial charge in [0, 0.05) is 17.7 Å². The molecule has 0 fully saturated rings. The highest BCUT2D eigenvalue weighted by Gasteiger charge is 2.12. The molecule has 104 valence electrons. The Morgan fingerprint density at radius 2 is 2.05 bits per heavy atom. The van der Waals surface area contributed by atoms with E-state index < -0.39 is 24.2 Å². The van der Waals surface area contributed by atoms with Crippen molar-refractivity contribution in [2.45, 2.75) is 6.92 Å². The zero-order valence-electron chi connectivity index (χ0n) is 10.6. The molecule has 0 spiro atoms. The van der Waals surface area contributed by atoms with Gasteiger partial charge in [-0.2, -0.15) is 0 Å². The minimum absolute atomic E-state index is 0.0664. The van der Waals surface area contributed by atoms with Gasteiger partial charge < -0.3 is 9.84 Å². The van der Waals surface area contributed by atoms with Crippen LogP contribution in [0.5, 0.6) is 5.88 Å². The fraction of sp³-hybridized carbons (Fsp3) is 0.143. The molecular weight excluding hydrogens is 268 g/mol. The molecule has 0 atom stereocenters. The van der Waals surface area contributed by atoms with E-state index >= 15 is 0 Å². The van der Waals surface area contributed by atoms with E-state index in [1.165, 1.54) is 12.1 Å². The Morgan fingerprint density at radius 1 is 1.30 bits per heavy atom. The van der Waals surface area contributed by atoms with E-state index in [4.69, 9.17) is 9.84 Å². The summed E-state index contributed by atoms with van der Waals surface area (Å²) in [5.41, 5.74) is 1.08. The summed E-state index contributed by atoms with van der Waals surface area (Å²) in [7, 11) is 0. The van der Waals surface area contributed by atoms with Gasteiger partial charge in [-0.05, 0) is 24.6 Å². The molecule has 1 N–H and O–H groups in total. The molecule has 0 bridgehead atoms. The van der Waals surface area contributed by atoms with Crippen LogP contribution in [0.25, 0.3) is 11.3 Å². The van der Waals surface area contributed by atoms with Crippen molar-refractivity contribution in [3.8, 4) is 17.1 Å². The van der Waals surface area contributed by atoms with Crippen molar-refractivity contribution in [3.63, 3.8) is 0 Å². The molecule has 0 aliphatic carbocycles. The van der Waals surface area contributed by atoms with Crippen LogP contribution in [0, 0.1) is 18.6 Å². The summed E-state index contributed by atoms with van der Waals surface area (Å²) < 4.78 is 31.6. The summed E-state index contributed by atoms with van der Waals surface area (Å²) in [5.74, 6) is -2.49. The minimum Gasteiger partial charge on any atom is -0.479 e. The molecule has 0 aliphatic heterocycles. The third-order valence-electron chi connectivity index (χ3n) is 2.60. The van der Waals surface area contributed by atoms with Crippen LogP contribution >= 0.6 is 0 Å². The molecule has 2 aromatic rings. The number of ether oxygens (including phenoxy) is 1. The van der Waals surface area contributed by atoms with Gasteiger partial charge in [-0.15, -0.1) is 0 Å². The number of benzene rings is 1. The van der Waals surface area contributed by atoms with Crippen molar-refractivity contribution >= 4 is 5.97 Å². The maximum atomic E-state index is 13.7. The monoisotopic (exact) mass is 279 g/mol. The van der Waals surface area contributed by atoms with Crippen LogP contribution in [0.4, 0.5) is 8.78 Å². The van der Waals surface area contributed by atoms with Gasteiger partial charge in [-0.25, -0.2) is 18.6 Å². The van der Waals surface area contributed by atoms with Gasteiger partial charge in [0.1, 0.15) is 11.6 Å². The summed E-state index contributed by atoms with van der Waals surface area (Å²) in [4.78, 5) is 14.5. The standard InChI is InChI=1S/C14H11F2NO3/c1-8-2-5-12(20-7-13(18)19)17-14(8)10-4-3-9(15)6-11(10)16/h2-6H,7H2,1H3,(H,18,19). The first-order valence-corrected chi connectivity index (χ1v) is 5.75. The number of rotatable bonds is 4. The average Bonchev–Trinajstić information content (AvgIpc) is 2.38. The maximum Gasteiger partial charge on any atom is 0.341 e. The number of hydrogen-bond acceptors (Lipinski definition) is 3. The molecule has 4 nitrogen and oxygen atoms in total. The van der Waals surface area contributed by atoms with Crippen LogP contribution in [0.2, 0.25) is 0 Å². The molecule has 0 amide bonds. The number of aliphatic carboxylic acids is 1. The van der Waals surface area contributed by atoms with Crippen LogP contribution in [0.1, 0.15) is 5.56 Å². The predicted octanol–water partition coefficient (Wildman–Crippen LogP) is 2.80. The van der Waals surface area contributed by atoms with E-state index in [2.05, 4.69) is 4.98 Å².